The molecular formula is C28H36N2S. The van der Waals surface area contributed by atoms with Crippen LogP contribution in [0.3, 0.4) is 0 Å². The first-order valence-electron chi connectivity index (χ1n) is 11.1. The number of hydrogen-bond donors (Lipinski definition) is 0. The summed E-state index contributed by atoms with van der Waals surface area (Å²) in [4.78, 5) is 7.75. The summed E-state index contributed by atoms with van der Waals surface area (Å²) in [5, 5.41) is 0. The fourth-order valence-corrected chi connectivity index (χ4v) is 4.76. The van der Waals surface area contributed by atoms with E-state index in [1.807, 2.05) is 24.2 Å². The Labute approximate surface area is 193 Å². The Balaban J connectivity index is 2.14. The zero-order chi connectivity index (χ0) is 22.6. The lowest BCUT2D eigenvalue weighted by Gasteiger charge is -2.30. The third kappa shape index (κ3) is 5.92. The molecule has 2 aromatic rings. The van der Waals surface area contributed by atoms with Crippen LogP contribution in [-0.4, -0.2) is 10.7 Å². The lowest BCUT2D eigenvalue weighted by molar-refractivity contribution is 0.482. The van der Waals surface area contributed by atoms with Gasteiger partial charge < -0.3 is 4.90 Å². The number of thioether (sulfide) groups is 1. The van der Waals surface area contributed by atoms with Crippen molar-refractivity contribution in [3.05, 3.63) is 84.4 Å². The van der Waals surface area contributed by atoms with Gasteiger partial charge in [0, 0.05) is 34.4 Å². The minimum atomic E-state index is 0.101. The van der Waals surface area contributed by atoms with Crippen molar-refractivity contribution in [1.82, 2.24) is 4.98 Å². The van der Waals surface area contributed by atoms with Crippen molar-refractivity contribution in [3.8, 4) is 0 Å². The molecule has 1 aromatic carbocycles. The Hall–Kier alpha value is -2.26. The molecule has 1 aliphatic rings. The second-order valence-electron chi connectivity index (χ2n) is 10.2. The fourth-order valence-electron chi connectivity index (χ4n) is 3.78. The summed E-state index contributed by atoms with van der Waals surface area (Å²) >= 11 is 1.91. The van der Waals surface area contributed by atoms with Gasteiger partial charge in [-0.1, -0.05) is 71.9 Å². The first-order chi connectivity index (χ1) is 14.6. The summed E-state index contributed by atoms with van der Waals surface area (Å²) in [5.74, 6) is 0.966. The van der Waals surface area contributed by atoms with Gasteiger partial charge in [0.05, 0.1) is 5.69 Å². The SMILES string of the molecule is C=C1/C=C\CC/C(C(C)(C)C)=C\CSc2cc(C(C)(C)C)ccc2N1c1ccncc1. The Kier molecular flexibility index (Phi) is 7.16. The summed E-state index contributed by atoms with van der Waals surface area (Å²) < 4.78 is 0. The van der Waals surface area contributed by atoms with Gasteiger partial charge in [-0.2, -0.15) is 0 Å². The maximum Gasteiger partial charge on any atom is 0.0597 e. The molecule has 0 fully saturated rings. The van der Waals surface area contributed by atoms with Crippen LogP contribution >= 0.6 is 11.8 Å². The fraction of sp³-hybridized carbons (Fsp3) is 0.393. The molecule has 0 N–H and O–H groups in total. The normalized spacial score (nSPS) is 19.0. The van der Waals surface area contributed by atoms with Crippen LogP contribution in [0.15, 0.2) is 83.7 Å². The van der Waals surface area contributed by atoms with Crippen LogP contribution in [0, 0.1) is 5.41 Å². The third-order valence-electron chi connectivity index (χ3n) is 5.70. The highest BCUT2D eigenvalue weighted by Gasteiger charge is 2.21. The number of pyridine rings is 1. The molecule has 164 valence electrons. The zero-order valence-electron chi connectivity index (χ0n) is 19.9. The van der Waals surface area contributed by atoms with E-state index in [0.29, 0.717) is 0 Å². The van der Waals surface area contributed by atoms with E-state index in [2.05, 4.69) is 107 Å². The number of aromatic nitrogens is 1. The minimum Gasteiger partial charge on any atom is -0.310 e. The molecule has 0 amide bonds. The minimum absolute atomic E-state index is 0.101. The average molecular weight is 433 g/mol. The molecule has 0 unspecified atom stereocenters. The summed E-state index contributed by atoms with van der Waals surface area (Å²) in [6.45, 7) is 18.2. The van der Waals surface area contributed by atoms with E-state index in [-0.39, 0.29) is 10.8 Å². The number of allylic oxidation sites excluding steroid dienone is 3. The van der Waals surface area contributed by atoms with E-state index in [4.69, 9.17) is 0 Å². The van der Waals surface area contributed by atoms with Crippen molar-refractivity contribution in [3.63, 3.8) is 0 Å². The summed E-state index contributed by atoms with van der Waals surface area (Å²) in [6, 6.07) is 11.0. The number of anilines is 2. The van der Waals surface area contributed by atoms with E-state index in [1.165, 1.54) is 21.7 Å². The van der Waals surface area contributed by atoms with Crippen molar-refractivity contribution in [2.24, 2.45) is 5.41 Å². The molecule has 0 radical (unpaired) electrons. The molecule has 0 atom stereocenters. The van der Waals surface area contributed by atoms with Crippen molar-refractivity contribution < 1.29 is 0 Å². The van der Waals surface area contributed by atoms with Crippen LogP contribution in [-0.2, 0) is 5.41 Å². The van der Waals surface area contributed by atoms with E-state index in [0.717, 1.165) is 30.0 Å². The van der Waals surface area contributed by atoms with Gasteiger partial charge in [0.1, 0.15) is 0 Å². The van der Waals surface area contributed by atoms with Crippen molar-refractivity contribution in [2.75, 3.05) is 10.7 Å². The summed E-state index contributed by atoms with van der Waals surface area (Å²) in [5.41, 5.74) is 6.39. The molecule has 0 saturated carbocycles. The van der Waals surface area contributed by atoms with Crippen LogP contribution in [0.25, 0.3) is 0 Å². The molecule has 1 aliphatic heterocycles. The van der Waals surface area contributed by atoms with E-state index < -0.39 is 0 Å². The quantitative estimate of drug-likeness (QED) is 0.420. The Morgan fingerprint density at radius 3 is 2.32 bits per heavy atom. The molecule has 2 heterocycles. The van der Waals surface area contributed by atoms with Crippen molar-refractivity contribution in [1.29, 1.82) is 0 Å². The Morgan fingerprint density at radius 2 is 1.68 bits per heavy atom. The first-order valence-corrected chi connectivity index (χ1v) is 12.1. The first kappa shape index (κ1) is 23.4. The van der Waals surface area contributed by atoms with Crippen molar-refractivity contribution >= 4 is 23.1 Å². The monoisotopic (exact) mass is 432 g/mol. The highest BCUT2D eigenvalue weighted by atomic mass is 32.2. The third-order valence-corrected chi connectivity index (χ3v) is 6.67. The smallest absolute Gasteiger partial charge is 0.0597 e. The molecule has 0 spiro atoms. The summed E-state index contributed by atoms with van der Waals surface area (Å²) in [7, 11) is 0. The average Bonchev–Trinajstić information content (AvgIpc) is 2.69. The zero-order valence-corrected chi connectivity index (χ0v) is 20.7. The number of hydrogen-bond acceptors (Lipinski definition) is 3. The second kappa shape index (κ2) is 9.48. The van der Waals surface area contributed by atoms with Gasteiger partial charge in [-0.3, -0.25) is 4.98 Å². The van der Waals surface area contributed by atoms with Crippen LogP contribution in [0.4, 0.5) is 11.4 Å². The molecule has 2 nitrogen and oxygen atoms in total. The van der Waals surface area contributed by atoms with Gasteiger partial charge in [-0.05, 0) is 59.6 Å². The predicted octanol–water partition coefficient (Wildman–Crippen LogP) is 8.45. The lowest BCUT2D eigenvalue weighted by Crippen LogP contribution is -2.17. The number of nitrogens with zero attached hydrogens (tertiary/aromatic N) is 2. The van der Waals surface area contributed by atoms with Crippen LogP contribution in [0.2, 0.25) is 0 Å². The molecule has 31 heavy (non-hydrogen) atoms. The number of fused-ring (bicyclic) bond motifs is 1. The van der Waals surface area contributed by atoms with Crippen LogP contribution in [0.1, 0.15) is 59.9 Å². The Morgan fingerprint density at radius 1 is 0.968 bits per heavy atom. The van der Waals surface area contributed by atoms with Gasteiger partial charge in [0.25, 0.3) is 0 Å². The largest absolute Gasteiger partial charge is 0.310 e. The predicted molar refractivity (Wildman–Crippen MR) is 137 cm³/mol. The maximum atomic E-state index is 4.43. The number of benzene rings is 1. The van der Waals surface area contributed by atoms with Gasteiger partial charge in [0.2, 0.25) is 0 Å². The second-order valence-corrected chi connectivity index (χ2v) is 11.3. The van der Waals surface area contributed by atoms with Crippen LogP contribution in [0.5, 0.6) is 0 Å². The number of rotatable bonds is 1. The topological polar surface area (TPSA) is 16.1 Å². The van der Waals surface area contributed by atoms with E-state index >= 15 is 0 Å². The van der Waals surface area contributed by atoms with E-state index in [9.17, 15) is 0 Å². The maximum absolute atomic E-state index is 4.43. The Bertz CT molecular complexity index is 972. The standard InChI is InChI=1S/C28H36N2S/c1-21-10-8-9-11-22(27(2,3)4)16-19-31-26-20-23(28(5,6)7)12-13-25(26)30(21)24-14-17-29-18-15-24/h8,10,12-18,20H,1,9,11,19H2,2-7H3/b10-8-,22-16+. The van der Waals surface area contributed by atoms with Gasteiger partial charge in [0.15, 0.2) is 0 Å². The molecule has 0 bridgehead atoms. The molecule has 1 aromatic heterocycles. The van der Waals surface area contributed by atoms with E-state index in [1.54, 1.807) is 0 Å². The molecular weight excluding hydrogens is 396 g/mol. The molecule has 0 saturated heterocycles. The van der Waals surface area contributed by atoms with Crippen molar-refractivity contribution in [2.45, 2.75) is 64.7 Å². The summed E-state index contributed by atoms with van der Waals surface area (Å²) in [6.07, 6.45) is 12.7. The molecule has 3 heteroatoms. The van der Waals surface area contributed by atoms with Gasteiger partial charge in [-0.15, -0.1) is 11.8 Å². The molecule has 0 aliphatic carbocycles. The van der Waals surface area contributed by atoms with Gasteiger partial charge in [-0.25, -0.2) is 0 Å². The highest BCUT2D eigenvalue weighted by molar-refractivity contribution is 7.99. The van der Waals surface area contributed by atoms with Gasteiger partial charge >= 0.3 is 0 Å². The lowest BCUT2D eigenvalue weighted by atomic mass is 9.83. The molecule has 3 rings (SSSR count). The highest BCUT2D eigenvalue weighted by Crippen LogP contribution is 2.41. The van der Waals surface area contributed by atoms with Crippen LogP contribution < -0.4 is 4.90 Å².